The Balaban J connectivity index is 0.00000339. The molecule has 13 heteroatoms. The molecule has 1 amide bonds. The SMILES string of the molecule is CC.CN.COC(=O)C(NC(=O)CCCOc1cc2oc3cc(OCCCC=O)c(OC)c(CC=C(C)C)c3c(=O)c2c(O)c1CC=C(C)C)C(C)O. The van der Waals surface area contributed by atoms with Gasteiger partial charge in [-0.3, -0.25) is 9.59 Å². The van der Waals surface area contributed by atoms with E-state index in [9.17, 15) is 29.4 Å². The number of aldehydes is 1. The van der Waals surface area contributed by atoms with Crippen LogP contribution >= 0.6 is 0 Å². The minimum Gasteiger partial charge on any atom is -0.507 e. The van der Waals surface area contributed by atoms with Crippen LogP contribution in [-0.4, -0.2) is 75.0 Å². The molecule has 0 aliphatic carbocycles. The van der Waals surface area contributed by atoms with Crippen molar-refractivity contribution in [3.63, 3.8) is 0 Å². The van der Waals surface area contributed by atoms with Gasteiger partial charge in [0.2, 0.25) is 11.3 Å². The smallest absolute Gasteiger partial charge is 0.331 e. The number of methoxy groups -OCH3 is 2. The van der Waals surface area contributed by atoms with E-state index in [2.05, 4.69) is 15.8 Å². The maximum absolute atomic E-state index is 14.3. The zero-order valence-electron chi connectivity index (χ0n) is 32.8. The lowest BCUT2D eigenvalue weighted by Gasteiger charge is -2.19. The second-order valence-corrected chi connectivity index (χ2v) is 12.2. The largest absolute Gasteiger partial charge is 0.507 e. The van der Waals surface area contributed by atoms with Crippen molar-refractivity contribution in [2.45, 2.75) is 99.1 Å². The van der Waals surface area contributed by atoms with Crippen LogP contribution in [0, 0.1) is 0 Å². The van der Waals surface area contributed by atoms with E-state index in [0.29, 0.717) is 41.9 Å². The molecule has 13 nitrogen and oxygen atoms in total. The molecule has 294 valence electrons. The van der Waals surface area contributed by atoms with Gasteiger partial charge in [-0.05, 0) is 67.3 Å². The number of nitrogens with two attached hydrogens (primary N) is 1. The highest BCUT2D eigenvalue weighted by atomic mass is 16.5. The van der Waals surface area contributed by atoms with Gasteiger partial charge in [-0.2, -0.15) is 0 Å². The van der Waals surface area contributed by atoms with Crippen LogP contribution in [-0.2, 0) is 32.0 Å². The third-order valence-corrected chi connectivity index (χ3v) is 7.73. The first kappa shape index (κ1) is 46.1. The molecule has 0 saturated carbocycles. The van der Waals surface area contributed by atoms with Crippen molar-refractivity contribution >= 4 is 40.1 Å². The van der Waals surface area contributed by atoms with Crippen LogP contribution in [0.3, 0.4) is 0 Å². The van der Waals surface area contributed by atoms with Gasteiger partial charge in [0, 0.05) is 36.1 Å². The number of hydrogen-bond acceptors (Lipinski definition) is 12. The number of benzene rings is 2. The number of carbonyl (C=O) groups excluding carboxylic acids is 3. The summed E-state index contributed by atoms with van der Waals surface area (Å²) in [7, 11) is 4.15. The number of fused-ring (bicyclic) bond motifs is 2. The van der Waals surface area contributed by atoms with Gasteiger partial charge in [0.15, 0.2) is 17.5 Å². The van der Waals surface area contributed by atoms with Gasteiger partial charge in [0.1, 0.15) is 34.3 Å². The normalized spacial score (nSPS) is 11.5. The quantitative estimate of drug-likeness (QED) is 0.0401. The second kappa shape index (κ2) is 23.6. The number of unbranched alkanes of at least 4 members (excludes halogenated alkanes) is 1. The number of aromatic hydroxyl groups is 1. The number of aliphatic hydroxyl groups excluding tert-OH is 1. The topological polar surface area (TPSA) is 197 Å². The fraction of sp³-hybridized carbons (Fsp3) is 0.500. The highest BCUT2D eigenvalue weighted by Crippen LogP contribution is 2.41. The first-order valence-electron chi connectivity index (χ1n) is 17.8. The number of aliphatic hydroxyl groups is 1. The fourth-order valence-corrected chi connectivity index (χ4v) is 5.18. The molecule has 2 unspecified atom stereocenters. The van der Waals surface area contributed by atoms with Gasteiger partial charge in [-0.25, -0.2) is 4.79 Å². The van der Waals surface area contributed by atoms with Crippen molar-refractivity contribution in [2.24, 2.45) is 5.73 Å². The van der Waals surface area contributed by atoms with E-state index in [4.69, 9.17) is 18.6 Å². The van der Waals surface area contributed by atoms with E-state index in [1.165, 1.54) is 28.2 Å². The van der Waals surface area contributed by atoms with Gasteiger partial charge in [-0.1, -0.05) is 37.1 Å². The maximum atomic E-state index is 14.3. The first-order chi connectivity index (χ1) is 25.3. The number of ether oxygens (including phenoxy) is 4. The number of hydrogen-bond donors (Lipinski definition) is 4. The average Bonchev–Trinajstić information content (AvgIpc) is 3.13. The summed E-state index contributed by atoms with van der Waals surface area (Å²) < 4.78 is 28.7. The molecule has 5 N–H and O–H groups in total. The fourth-order valence-electron chi connectivity index (χ4n) is 5.18. The highest BCUT2D eigenvalue weighted by molar-refractivity contribution is 5.98. The molecule has 0 aliphatic heterocycles. The van der Waals surface area contributed by atoms with Gasteiger partial charge < -0.3 is 49.4 Å². The number of phenolic OH excluding ortho intramolecular Hbond substituents is 1. The van der Waals surface area contributed by atoms with E-state index in [0.717, 1.165) is 17.4 Å². The monoisotopic (exact) mass is 742 g/mol. The summed E-state index contributed by atoms with van der Waals surface area (Å²) in [6.07, 6.45) is 5.15. The van der Waals surface area contributed by atoms with Crippen molar-refractivity contribution in [1.29, 1.82) is 0 Å². The molecule has 0 aliphatic rings. The molecule has 0 fully saturated rings. The van der Waals surface area contributed by atoms with Crippen molar-refractivity contribution in [3.8, 4) is 23.0 Å². The average molecular weight is 743 g/mol. The molecular formula is C40H58N2O11. The van der Waals surface area contributed by atoms with E-state index >= 15 is 0 Å². The van der Waals surface area contributed by atoms with Crippen LogP contribution in [0.15, 0.2) is 44.6 Å². The second-order valence-electron chi connectivity index (χ2n) is 12.2. The Morgan fingerprint density at radius 3 is 2.00 bits per heavy atom. The van der Waals surface area contributed by atoms with Crippen LogP contribution in [0.2, 0.25) is 0 Å². The number of nitrogens with one attached hydrogen (secondary N) is 1. The van der Waals surface area contributed by atoms with Crippen molar-refractivity contribution in [1.82, 2.24) is 5.32 Å². The lowest BCUT2D eigenvalue weighted by molar-refractivity contribution is -0.148. The number of amides is 1. The third-order valence-electron chi connectivity index (χ3n) is 7.73. The third kappa shape index (κ3) is 12.9. The highest BCUT2D eigenvalue weighted by Gasteiger charge is 2.27. The van der Waals surface area contributed by atoms with E-state index in [1.807, 2.05) is 53.7 Å². The molecule has 0 bridgehead atoms. The minimum atomic E-state index is -1.20. The molecule has 53 heavy (non-hydrogen) atoms. The Kier molecular flexibility index (Phi) is 20.6. The maximum Gasteiger partial charge on any atom is 0.331 e. The molecule has 0 saturated heterocycles. The lowest BCUT2D eigenvalue weighted by atomic mass is 9.98. The van der Waals surface area contributed by atoms with E-state index in [1.54, 1.807) is 12.1 Å². The predicted octanol–water partition coefficient (Wildman–Crippen LogP) is 5.83. The van der Waals surface area contributed by atoms with Gasteiger partial charge in [0.25, 0.3) is 0 Å². The standard InChI is InChI=1S/C37H47NO11.C2H6.CH5N/c1-21(2)12-14-24-26(47-18-10-11-30(41)38-33(23(5)40)37(44)46-7)19-28-32(34(24)42)35(43)31-25(15-13-22(3)4)36(45-6)29(20-27(31)49-28)48-17-9-8-16-39;2*1-2/h12-13,16,19-20,23,33,40,42H,8-11,14-15,17-18H2,1-7H3,(H,38,41);1-2H3;2H2,1H3. The molecule has 1 aromatic heterocycles. The Hall–Kier alpha value is -4.88. The first-order valence-corrected chi connectivity index (χ1v) is 17.8. The zero-order valence-corrected chi connectivity index (χ0v) is 32.8. The van der Waals surface area contributed by atoms with Crippen molar-refractivity contribution in [2.75, 3.05) is 34.5 Å². The predicted molar refractivity (Wildman–Crippen MR) is 207 cm³/mol. The van der Waals surface area contributed by atoms with Crippen LogP contribution in [0.5, 0.6) is 23.0 Å². The Morgan fingerprint density at radius 1 is 0.906 bits per heavy atom. The summed E-state index contributed by atoms with van der Waals surface area (Å²) in [5.74, 6) is -0.537. The number of phenols is 1. The van der Waals surface area contributed by atoms with Gasteiger partial charge in [0.05, 0.1) is 38.9 Å². The van der Waals surface area contributed by atoms with E-state index < -0.39 is 29.5 Å². The number of carbonyl (C=O) groups is 3. The van der Waals surface area contributed by atoms with Crippen LogP contribution in [0.25, 0.3) is 21.9 Å². The number of rotatable bonds is 18. The summed E-state index contributed by atoms with van der Waals surface area (Å²) in [5.41, 5.74) is 7.28. The Labute approximate surface area is 312 Å². The Morgan fingerprint density at radius 2 is 1.45 bits per heavy atom. The summed E-state index contributed by atoms with van der Waals surface area (Å²) in [4.78, 5) is 49.5. The molecule has 0 spiro atoms. The number of esters is 1. The number of allylic oxidation sites excluding steroid dienone is 4. The molecular weight excluding hydrogens is 684 g/mol. The molecule has 3 aromatic rings. The van der Waals surface area contributed by atoms with E-state index in [-0.39, 0.29) is 65.9 Å². The van der Waals surface area contributed by atoms with Crippen LogP contribution in [0.1, 0.15) is 85.3 Å². The van der Waals surface area contributed by atoms with Crippen molar-refractivity contribution in [3.05, 3.63) is 56.8 Å². The van der Waals surface area contributed by atoms with Crippen molar-refractivity contribution < 1.29 is 48.0 Å². The molecule has 2 aromatic carbocycles. The summed E-state index contributed by atoms with van der Waals surface area (Å²) in [6.45, 7) is 13.4. The summed E-state index contributed by atoms with van der Waals surface area (Å²) >= 11 is 0. The molecule has 2 atom stereocenters. The summed E-state index contributed by atoms with van der Waals surface area (Å²) in [5, 5.41) is 24.1. The molecule has 3 rings (SSSR count). The zero-order chi connectivity index (χ0) is 40.2. The van der Waals surface area contributed by atoms with Crippen LogP contribution in [0.4, 0.5) is 0 Å². The Bertz CT molecular complexity index is 1780. The molecule has 0 radical (unpaired) electrons. The van der Waals surface area contributed by atoms with Crippen LogP contribution < -0.4 is 30.7 Å². The van der Waals surface area contributed by atoms with Gasteiger partial charge >= 0.3 is 5.97 Å². The lowest BCUT2D eigenvalue weighted by Crippen LogP contribution is -2.48. The molecule has 1 heterocycles. The van der Waals surface area contributed by atoms with Gasteiger partial charge in [-0.15, -0.1) is 0 Å². The summed E-state index contributed by atoms with van der Waals surface area (Å²) in [6, 6.07) is 1.92. The minimum absolute atomic E-state index is 0.0106.